The van der Waals surface area contributed by atoms with E-state index in [-0.39, 0.29) is 11.8 Å². The Labute approximate surface area is 130 Å². The summed E-state index contributed by atoms with van der Waals surface area (Å²) in [5.74, 6) is 0.805. The topological polar surface area (TPSA) is 54.4 Å². The summed E-state index contributed by atoms with van der Waals surface area (Å²) in [6, 6.07) is 6.97. The fraction of sp³-hybridized carbons (Fsp3) is 0.214. The molecular weight excluding hydrogens is 344 g/mol. The van der Waals surface area contributed by atoms with E-state index in [0.29, 0.717) is 10.9 Å². The highest BCUT2D eigenvalue weighted by atomic mass is 79.9. The highest BCUT2D eigenvalue weighted by Crippen LogP contribution is 2.31. The highest BCUT2D eigenvalue weighted by molar-refractivity contribution is 9.10. The van der Waals surface area contributed by atoms with E-state index in [2.05, 4.69) is 26.2 Å². The summed E-state index contributed by atoms with van der Waals surface area (Å²) in [5.41, 5.74) is 1.58. The van der Waals surface area contributed by atoms with E-state index in [0.717, 1.165) is 15.7 Å². The van der Waals surface area contributed by atoms with Crippen LogP contribution in [0, 0.1) is 0 Å². The van der Waals surface area contributed by atoms with E-state index >= 15 is 0 Å². The van der Waals surface area contributed by atoms with Gasteiger partial charge in [0.15, 0.2) is 0 Å². The van der Waals surface area contributed by atoms with Crippen molar-refractivity contribution in [1.29, 1.82) is 0 Å². The molecule has 20 heavy (non-hydrogen) atoms. The van der Waals surface area contributed by atoms with Gasteiger partial charge in [-0.3, -0.25) is 0 Å². The molecular formula is C14H14BrClN2O2. The molecule has 0 fully saturated rings. The molecule has 0 aliphatic rings. The molecule has 0 spiro atoms. The minimum absolute atomic E-state index is 0.0872. The van der Waals surface area contributed by atoms with Crippen molar-refractivity contribution in [2.75, 3.05) is 12.4 Å². The summed E-state index contributed by atoms with van der Waals surface area (Å²) < 4.78 is 5.78. The van der Waals surface area contributed by atoms with Gasteiger partial charge in [-0.1, -0.05) is 11.6 Å². The standard InChI is InChI=1S/C14H14BrClN2O2/c1-8(11-4-3-10(20-2)6-13(11)19)18-9-5-12(15)14(16)17-7-9/h3-8,18-19H,1-2H3. The number of aromatic hydroxyl groups is 1. The average Bonchev–Trinajstić information content (AvgIpc) is 2.42. The molecule has 2 rings (SSSR count). The minimum atomic E-state index is -0.0872. The van der Waals surface area contributed by atoms with Crippen molar-refractivity contribution in [3.05, 3.63) is 45.7 Å². The van der Waals surface area contributed by atoms with Gasteiger partial charge in [-0.05, 0) is 41.1 Å². The van der Waals surface area contributed by atoms with Crippen molar-refractivity contribution in [2.45, 2.75) is 13.0 Å². The number of anilines is 1. The van der Waals surface area contributed by atoms with Crippen LogP contribution < -0.4 is 10.1 Å². The summed E-state index contributed by atoms with van der Waals surface area (Å²) in [6.45, 7) is 1.95. The number of ether oxygens (including phenoxy) is 1. The Balaban J connectivity index is 2.19. The first kappa shape index (κ1) is 14.9. The Bertz CT molecular complexity index is 622. The molecule has 0 radical (unpaired) electrons. The van der Waals surface area contributed by atoms with E-state index in [1.165, 1.54) is 0 Å². The molecule has 1 unspecified atom stereocenters. The van der Waals surface area contributed by atoms with Crippen LogP contribution in [0.3, 0.4) is 0 Å². The summed E-state index contributed by atoms with van der Waals surface area (Å²) in [6.07, 6.45) is 1.64. The van der Waals surface area contributed by atoms with Crippen LogP contribution in [0.1, 0.15) is 18.5 Å². The summed E-state index contributed by atoms with van der Waals surface area (Å²) >= 11 is 9.18. The number of phenols is 1. The number of nitrogens with one attached hydrogen (secondary N) is 1. The predicted molar refractivity (Wildman–Crippen MR) is 83.6 cm³/mol. The smallest absolute Gasteiger partial charge is 0.143 e. The van der Waals surface area contributed by atoms with E-state index in [1.807, 2.05) is 25.1 Å². The molecule has 1 aromatic carbocycles. The third kappa shape index (κ3) is 3.35. The third-order valence-corrected chi connectivity index (χ3v) is 4.02. The zero-order valence-electron chi connectivity index (χ0n) is 11.0. The average molecular weight is 358 g/mol. The Morgan fingerprint density at radius 3 is 2.75 bits per heavy atom. The Morgan fingerprint density at radius 2 is 2.15 bits per heavy atom. The Hall–Kier alpha value is -1.46. The van der Waals surface area contributed by atoms with Crippen LogP contribution in [0.2, 0.25) is 5.15 Å². The fourth-order valence-corrected chi connectivity index (χ4v) is 2.30. The van der Waals surface area contributed by atoms with Gasteiger partial charge in [-0.25, -0.2) is 4.98 Å². The number of benzene rings is 1. The van der Waals surface area contributed by atoms with Crippen LogP contribution in [0.5, 0.6) is 11.5 Å². The number of halogens is 2. The van der Waals surface area contributed by atoms with E-state index in [9.17, 15) is 5.11 Å². The van der Waals surface area contributed by atoms with Gasteiger partial charge >= 0.3 is 0 Å². The zero-order valence-corrected chi connectivity index (χ0v) is 13.4. The summed E-state index contributed by atoms with van der Waals surface area (Å²) in [5, 5.41) is 13.7. The highest BCUT2D eigenvalue weighted by Gasteiger charge is 2.12. The largest absolute Gasteiger partial charge is 0.507 e. The maximum Gasteiger partial charge on any atom is 0.143 e. The number of phenolic OH excluding ortho intramolecular Hbond substituents is 1. The summed E-state index contributed by atoms with van der Waals surface area (Å²) in [4.78, 5) is 4.05. The maximum absolute atomic E-state index is 10.0. The van der Waals surface area contributed by atoms with Crippen LogP contribution in [0.25, 0.3) is 0 Å². The van der Waals surface area contributed by atoms with Gasteiger partial charge in [0, 0.05) is 11.6 Å². The van der Waals surface area contributed by atoms with Crippen molar-refractivity contribution in [3.63, 3.8) is 0 Å². The number of hydrogen-bond acceptors (Lipinski definition) is 4. The lowest BCUT2D eigenvalue weighted by molar-refractivity contribution is 0.406. The normalized spacial score (nSPS) is 12.0. The number of nitrogens with zero attached hydrogens (tertiary/aromatic N) is 1. The van der Waals surface area contributed by atoms with Crippen molar-refractivity contribution in [3.8, 4) is 11.5 Å². The van der Waals surface area contributed by atoms with Gasteiger partial charge in [-0.15, -0.1) is 0 Å². The third-order valence-electron chi connectivity index (χ3n) is 2.88. The van der Waals surface area contributed by atoms with Crippen LogP contribution in [-0.2, 0) is 0 Å². The number of rotatable bonds is 4. The van der Waals surface area contributed by atoms with E-state index in [4.69, 9.17) is 16.3 Å². The molecule has 4 nitrogen and oxygen atoms in total. The maximum atomic E-state index is 10.0. The predicted octanol–water partition coefficient (Wildman–Crippen LogP) is 4.38. The van der Waals surface area contributed by atoms with E-state index < -0.39 is 0 Å². The second-order valence-corrected chi connectivity index (χ2v) is 5.50. The van der Waals surface area contributed by atoms with Crippen molar-refractivity contribution in [2.24, 2.45) is 0 Å². The number of aromatic nitrogens is 1. The quantitative estimate of drug-likeness (QED) is 0.797. The summed E-state index contributed by atoms with van der Waals surface area (Å²) in [7, 11) is 1.56. The number of hydrogen-bond donors (Lipinski definition) is 2. The molecule has 0 aliphatic heterocycles. The molecule has 0 bridgehead atoms. The molecule has 0 aliphatic carbocycles. The van der Waals surface area contributed by atoms with Gasteiger partial charge in [0.05, 0.1) is 29.5 Å². The number of methoxy groups -OCH3 is 1. The molecule has 1 atom stereocenters. The van der Waals surface area contributed by atoms with Gasteiger partial charge in [0.1, 0.15) is 16.7 Å². The molecule has 0 saturated carbocycles. The second kappa shape index (κ2) is 6.33. The first-order chi connectivity index (χ1) is 9.51. The van der Waals surface area contributed by atoms with Crippen LogP contribution in [0.4, 0.5) is 5.69 Å². The molecule has 0 saturated heterocycles. The molecule has 6 heteroatoms. The van der Waals surface area contributed by atoms with Gasteiger partial charge in [-0.2, -0.15) is 0 Å². The Morgan fingerprint density at radius 1 is 1.40 bits per heavy atom. The molecule has 1 heterocycles. The monoisotopic (exact) mass is 356 g/mol. The zero-order chi connectivity index (χ0) is 14.7. The lowest BCUT2D eigenvalue weighted by atomic mass is 10.1. The van der Waals surface area contributed by atoms with Crippen LogP contribution >= 0.6 is 27.5 Å². The molecule has 1 aromatic heterocycles. The number of pyridine rings is 1. The van der Waals surface area contributed by atoms with Crippen molar-refractivity contribution >= 4 is 33.2 Å². The van der Waals surface area contributed by atoms with Crippen LogP contribution in [-0.4, -0.2) is 17.2 Å². The minimum Gasteiger partial charge on any atom is -0.507 e. The SMILES string of the molecule is COc1ccc(C(C)Nc2cnc(Cl)c(Br)c2)c(O)c1. The Kier molecular flexibility index (Phi) is 4.73. The van der Waals surface area contributed by atoms with Gasteiger partial charge < -0.3 is 15.2 Å². The molecule has 106 valence electrons. The van der Waals surface area contributed by atoms with E-state index in [1.54, 1.807) is 19.4 Å². The molecule has 0 amide bonds. The first-order valence-corrected chi connectivity index (χ1v) is 7.13. The first-order valence-electron chi connectivity index (χ1n) is 5.95. The lowest BCUT2D eigenvalue weighted by Gasteiger charge is -2.17. The second-order valence-electron chi connectivity index (χ2n) is 4.29. The van der Waals surface area contributed by atoms with Crippen molar-refractivity contribution in [1.82, 2.24) is 4.98 Å². The molecule has 2 aromatic rings. The van der Waals surface area contributed by atoms with Gasteiger partial charge in [0.2, 0.25) is 0 Å². The molecule has 2 N–H and O–H groups in total. The van der Waals surface area contributed by atoms with Crippen LogP contribution in [0.15, 0.2) is 34.9 Å². The lowest BCUT2D eigenvalue weighted by Crippen LogP contribution is -2.07. The van der Waals surface area contributed by atoms with Crippen molar-refractivity contribution < 1.29 is 9.84 Å². The van der Waals surface area contributed by atoms with Gasteiger partial charge in [0.25, 0.3) is 0 Å². The fourth-order valence-electron chi connectivity index (χ4n) is 1.84.